The molecule has 12 heteroatoms. The van der Waals surface area contributed by atoms with E-state index in [0.717, 1.165) is 16.7 Å². The molecule has 0 saturated carbocycles. The summed E-state index contributed by atoms with van der Waals surface area (Å²) in [6, 6.07) is 13.4. The molecule has 1 aromatic heterocycles. The van der Waals surface area contributed by atoms with Crippen LogP contribution in [0.1, 0.15) is 61.0 Å². The van der Waals surface area contributed by atoms with Gasteiger partial charge in [0.05, 0.1) is 29.2 Å². The molecule has 1 saturated heterocycles. The zero-order chi connectivity index (χ0) is 31.7. The van der Waals surface area contributed by atoms with Crippen molar-refractivity contribution in [3.8, 4) is 17.1 Å². The monoisotopic (exact) mass is 621 g/mol. The van der Waals surface area contributed by atoms with E-state index in [-0.39, 0.29) is 47.8 Å². The number of amides is 2. The number of aryl methyl sites for hydroxylation is 2. The highest BCUT2D eigenvalue weighted by Crippen LogP contribution is 2.35. The Labute approximate surface area is 258 Å². The second-order valence-electron chi connectivity index (χ2n) is 12.2. The molecule has 1 unspecified atom stereocenters. The number of hydrogen-bond donors (Lipinski definition) is 3. The molecule has 2 aliphatic heterocycles. The number of ether oxygens (including phenoxy) is 1. The first kappa shape index (κ1) is 31.4. The molecule has 3 heterocycles. The molecular formula is C32H39N5O6S. The van der Waals surface area contributed by atoms with Crippen LogP contribution in [0, 0.1) is 19.3 Å². The maximum atomic E-state index is 13.4. The van der Waals surface area contributed by atoms with Gasteiger partial charge in [-0.1, -0.05) is 31.2 Å². The van der Waals surface area contributed by atoms with E-state index in [0.29, 0.717) is 38.0 Å². The SMILES string of the molecule is CCC(C)(O)CC(=O)N1CCC2(CC1)CNC(=O)c1cccc(c1)S(=O)(=O)Nc1nc(cc(-c3c(C)cccc3C)n1)OC2. The van der Waals surface area contributed by atoms with Gasteiger partial charge in [0.25, 0.3) is 15.9 Å². The van der Waals surface area contributed by atoms with Gasteiger partial charge < -0.3 is 20.1 Å². The zero-order valence-corrected chi connectivity index (χ0v) is 26.3. The predicted molar refractivity (Wildman–Crippen MR) is 166 cm³/mol. The fourth-order valence-electron chi connectivity index (χ4n) is 5.64. The van der Waals surface area contributed by atoms with Crippen LogP contribution in [-0.2, 0) is 14.8 Å². The number of anilines is 1. The van der Waals surface area contributed by atoms with Crippen molar-refractivity contribution in [1.29, 1.82) is 0 Å². The van der Waals surface area contributed by atoms with E-state index >= 15 is 0 Å². The van der Waals surface area contributed by atoms with Gasteiger partial charge in [-0.2, -0.15) is 4.98 Å². The van der Waals surface area contributed by atoms with Gasteiger partial charge in [-0.05, 0) is 69.4 Å². The van der Waals surface area contributed by atoms with E-state index in [1.165, 1.54) is 18.2 Å². The van der Waals surface area contributed by atoms with Crippen molar-refractivity contribution < 1.29 is 27.9 Å². The van der Waals surface area contributed by atoms with E-state index in [9.17, 15) is 23.1 Å². The maximum Gasteiger partial charge on any atom is 0.264 e. The number of carbonyl (C=O) groups is 2. The maximum absolute atomic E-state index is 13.4. The average molecular weight is 622 g/mol. The standard InChI is InChI=1S/C32H39N5O6S/c1-5-31(4,40)18-27(38)37-14-12-32(13-15-37)19-33-29(39)23-10-7-11-24(16-23)44(41,42)36-30-34-25(17-26(35-30)43-20-32)28-21(2)8-6-9-22(28)3/h6-11,16-17,40H,5,12-15,18-20H2,1-4H3,(H,33,39)(H,34,35,36). The summed E-state index contributed by atoms with van der Waals surface area (Å²) in [5.74, 6) is -0.489. The molecule has 0 radical (unpaired) electrons. The molecule has 44 heavy (non-hydrogen) atoms. The summed E-state index contributed by atoms with van der Waals surface area (Å²) in [6.45, 7) is 8.71. The largest absolute Gasteiger partial charge is 0.477 e. The van der Waals surface area contributed by atoms with Crippen LogP contribution in [0.2, 0.25) is 0 Å². The minimum atomic E-state index is -4.13. The number of hydrogen-bond acceptors (Lipinski definition) is 8. The summed E-state index contributed by atoms with van der Waals surface area (Å²) >= 11 is 0. The van der Waals surface area contributed by atoms with Crippen molar-refractivity contribution in [3.63, 3.8) is 0 Å². The molecule has 1 atom stereocenters. The third kappa shape index (κ3) is 6.86. The van der Waals surface area contributed by atoms with Gasteiger partial charge in [0.1, 0.15) is 0 Å². The van der Waals surface area contributed by atoms with Crippen molar-refractivity contribution in [2.75, 3.05) is 31.0 Å². The highest BCUT2D eigenvalue weighted by atomic mass is 32.2. The smallest absolute Gasteiger partial charge is 0.264 e. The van der Waals surface area contributed by atoms with Crippen LogP contribution in [0.3, 0.4) is 0 Å². The van der Waals surface area contributed by atoms with Gasteiger partial charge in [-0.25, -0.2) is 18.1 Å². The van der Waals surface area contributed by atoms with E-state index in [2.05, 4.69) is 20.0 Å². The molecule has 1 spiro atoms. The number of carbonyl (C=O) groups excluding carboxylic acids is 2. The number of rotatable bonds is 4. The molecule has 0 aliphatic carbocycles. The summed E-state index contributed by atoms with van der Waals surface area (Å²) in [6.07, 6.45) is 1.60. The van der Waals surface area contributed by atoms with Gasteiger partial charge in [-0.15, -0.1) is 0 Å². The quantitative estimate of drug-likeness (QED) is 0.398. The fraction of sp³-hybridized carbons (Fsp3) is 0.438. The third-order valence-electron chi connectivity index (χ3n) is 8.69. The Morgan fingerprint density at radius 3 is 2.45 bits per heavy atom. The Hall–Kier alpha value is -4.03. The molecule has 4 bridgehead atoms. The van der Waals surface area contributed by atoms with Gasteiger partial charge in [0, 0.05) is 42.2 Å². The Morgan fingerprint density at radius 1 is 1.09 bits per heavy atom. The highest BCUT2D eigenvalue weighted by molar-refractivity contribution is 7.92. The number of fused-ring (bicyclic) bond motifs is 4. The summed E-state index contributed by atoms with van der Waals surface area (Å²) in [5.41, 5.74) is 1.87. The highest BCUT2D eigenvalue weighted by Gasteiger charge is 2.39. The van der Waals surface area contributed by atoms with Gasteiger partial charge >= 0.3 is 0 Å². The van der Waals surface area contributed by atoms with E-state index in [4.69, 9.17) is 4.74 Å². The first-order chi connectivity index (χ1) is 20.8. The molecule has 1 fully saturated rings. The lowest BCUT2D eigenvalue weighted by molar-refractivity contribution is -0.138. The number of likely N-dealkylation sites (tertiary alicyclic amines) is 1. The van der Waals surface area contributed by atoms with Crippen LogP contribution in [0.25, 0.3) is 11.3 Å². The number of benzene rings is 2. The van der Waals surface area contributed by atoms with E-state index in [1.807, 2.05) is 39.0 Å². The van der Waals surface area contributed by atoms with Crippen molar-refractivity contribution in [2.45, 2.75) is 63.9 Å². The number of nitrogens with zero attached hydrogens (tertiary/aromatic N) is 3. The Balaban J connectivity index is 1.51. The number of piperidine rings is 1. The van der Waals surface area contributed by atoms with Crippen molar-refractivity contribution >= 4 is 27.8 Å². The summed E-state index contributed by atoms with van der Waals surface area (Å²) in [4.78, 5) is 36.8. The van der Waals surface area contributed by atoms with Crippen molar-refractivity contribution in [1.82, 2.24) is 20.2 Å². The predicted octanol–water partition coefficient (Wildman–Crippen LogP) is 3.84. The van der Waals surface area contributed by atoms with Crippen molar-refractivity contribution in [2.24, 2.45) is 5.41 Å². The normalized spacial score (nSPS) is 19.1. The number of aliphatic hydroxyl groups is 1. The lowest BCUT2D eigenvalue weighted by atomic mass is 9.78. The van der Waals surface area contributed by atoms with E-state index in [1.54, 1.807) is 24.0 Å². The van der Waals surface area contributed by atoms with E-state index < -0.39 is 26.9 Å². The molecule has 3 aromatic rings. The fourth-order valence-corrected chi connectivity index (χ4v) is 6.63. The van der Waals surface area contributed by atoms with Crippen LogP contribution < -0.4 is 14.8 Å². The molecule has 2 aliphatic rings. The topological polar surface area (TPSA) is 151 Å². The minimum Gasteiger partial charge on any atom is -0.477 e. The lowest BCUT2D eigenvalue weighted by Gasteiger charge is -2.42. The van der Waals surface area contributed by atoms with Crippen LogP contribution >= 0.6 is 0 Å². The summed E-state index contributed by atoms with van der Waals surface area (Å²) < 4.78 is 35.5. The van der Waals surface area contributed by atoms with Crippen LogP contribution in [0.4, 0.5) is 5.95 Å². The van der Waals surface area contributed by atoms with Gasteiger partial charge in [-0.3, -0.25) is 9.59 Å². The summed E-state index contributed by atoms with van der Waals surface area (Å²) in [5, 5.41) is 13.4. The first-order valence-corrected chi connectivity index (χ1v) is 16.3. The first-order valence-electron chi connectivity index (χ1n) is 14.8. The van der Waals surface area contributed by atoms with Gasteiger partial charge in [0.2, 0.25) is 17.7 Å². The Kier molecular flexibility index (Phi) is 8.68. The molecule has 3 N–H and O–H groups in total. The molecule has 234 valence electrons. The molecule has 5 rings (SSSR count). The van der Waals surface area contributed by atoms with Crippen LogP contribution in [0.5, 0.6) is 5.88 Å². The number of aromatic nitrogens is 2. The lowest BCUT2D eigenvalue weighted by Crippen LogP contribution is -2.51. The molecule has 2 aromatic carbocycles. The summed E-state index contributed by atoms with van der Waals surface area (Å²) in [7, 11) is -4.13. The molecular weight excluding hydrogens is 582 g/mol. The minimum absolute atomic E-state index is 0.0425. The Bertz CT molecular complexity index is 1660. The molecule has 2 amide bonds. The molecule has 11 nitrogen and oxygen atoms in total. The second kappa shape index (κ2) is 12.2. The van der Waals surface area contributed by atoms with Crippen molar-refractivity contribution in [3.05, 3.63) is 65.2 Å². The number of nitrogens with one attached hydrogen (secondary N) is 2. The van der Waals surface area contributed by atoms with Crippen LogP contribution in [-0.4, -0.2) is 72.0 Å². The average Bonchev–Trinajstić information content (AvgIpc) is 2.98. The third-order valence-corrected chi connectivity index (χ3v) is 10.0. The number of sulfonamides is 1. The Morgan fingerprint density at radius 2 is 1.77 bits per heavy atom. The second-order valence-corrected chi connectivity index (χ2v) is 13.9. The van der Waals surface area contributed by atoms with Gasteiger partial charge in [0.15, 0.2) is 0 Å². The van der Waals surface area contributed by atoms with Crippen LogP contribution in [0.15, 0.2) is 53.4 Å². The zero-order valence-electron chi connectivity index (χ0n) is 25.5.